The molecule has 0 saturated heterocycles. The van der Waals surface area contributed by atoms with Crippen molar-refractivity contribution in [1.82, 2.24) is 4.90 Å². The summed E-state index contributed by atoms with van der Waals surface area (Å²) in [4.78, 5) is 26.5. The minimum Gasteiger partial charge on any atom is -0.272 e. The third-order valence-electron chi connectivity index (χ3n) is 6.16. The highest BCUT2D eigenvalue weighted by atomic mass is 16.2. The molecule has 0 spiro atoms. The van der Waals surface area contributed by atoms with E-state index in [4.69, 9.17) is 0 Å². The molecule has 0 unspecified atom stereocenters. The molecule has 0 aromatic rings. The van der Waals surface area contributed by atoms with Crippen LogP contribution in [0.3, 0.4) is 0 Å². The Balaban J connectivity index is 2.40. The van der Waals surface area contributed by atoms with Crippen LogP contribution in [-0.4, -0.2) is 22.8 Å². The first-order valence-electron chi connectivity index (χ1n) is 10.2. The van der Waals surface area contributed by atoms with Crippen molar-refractivity contribution in [3.05, 3.63) is 12.2 Å². The van der Waals surface area contributed by atoms with E-state index < -0.39 is 0 Å². The number of amides is 2. The maximum atomic E-state index is 12.4. The number of carbonyl (C=O) groups excluding carboxylic acids is 2. The summed E-state index contributed by atoms with van der Waals surface area (Å²) in [6.45, 7) is 8.99. The number of rotatable bonds is 9. The Morgan fingerprint density at radius 2 is 1.00 bits per heavy atom. The van der Waals surface area contributed by atoms with Gasteiger partial charge in [0.25, 0.3) is 11.8 Å². The van der Waals surface area contributed by atoms with Crippen LogP contribution in [0.25, 0.3) is 0 Å². The first-order valence-corrected chi connectivity index (χ1v) is 10.2. The highest BCUT2D eigenvalue weighted by Gasteiger charge is 2.52. The molecule has 24 heavy (non-hydrogen) atoms. The number of nitrogens with zero attached hydrogens (tertiary/aromatic N) is 1. The minimum absolute atomic E-state index is 0.0837. The normalized spacial score (nSPS) is 33.0. The zero-order chi connectivity index (χ0) is 17.7. The van der Waals surface area contributed by atoms with Crippen LogP contribution in [0.4, 0.5) is 0 Å². The first-order chi connectivity index (χ1) is 11.6. The largest absolute Gasteiger partial charge is 0.272 e. The third-order valence-corrected chi connectivity index (χ3v) is 6.16. The Labute approximate surface area is 147 Å². The molecule has 3 heteroatoms. The van der Waals surface area contributed by atoms with E-state index in [1.165, 1.54) is 37.8 Å². The van der Waals surface area contributed by atoms with Gasteiger partial charge >= 0.3 is 0 Å². The zero-order valence-electron chi connectivity index (χ0n) is 16.0. The monoisotopic (exact) mass is 333 g/mol. The summed E-state index contributed by atoms with van der Waals surface area (Å²) in [6, 6.07) is 0.119. The summed E-state index contributed by atoms with van der Waals surface area (Å²) >= 11 is 0. The van der Waals surface area contributed by atoms with E-state index in [1.54, 1.807) is 4.90 Å². The molecule has 0 bridgehead atoms. The number of imide groups is 1. The van der Waals surface area contributed by atoms with Gasteiger partial charge < -0.3 is 0 Å². The van der Waals surface area contributed by atoms with Gasteiger partial charge in [0.2, 0.25) is 0 Å². The Morgan fingerprint density at radius 1 is 0.667 bits per heavy atom. The van der Waals surface area contributed by atoms with Gasteiger partial charge in [0.1, 0.15) is 0 Å². The fraction of sp³-hybridized carbons (Fsp3) is 0.810. The molecule has 1 fully saturated rings. The fourth-order valence-corrected chi connectivity index (χ4v) is 5.51. The summed E-state index contributed by atoms with van der Waals surface area (Å²) in [5.41, 5.74) is 0. The lowest BCUT2D eigenvalue weighted by Gasteiger charge is -2.33. The van der Waals surface area contributed by atoms with Gasteiger partial charge in [-0.1, -0.05) is 66.2 Å². The fourth-order valence-electron chi connectivity index (χ4n) is 5.51. The molecule has 0 N–H and O–H groups in total. The third kappa shape index (κ3) is 3.60. The van der Waals surface area contributed by atoms with E-state index in [1.807, 2.05) is 0 Å². The maximum Gasteiger partial charge on any atom is 0.253 e. The maximum absolute atomic E-state index is 12.4. The molecule has 1 heterocycles. The Bertz CT molecular complexity index is 430. The smallest absolute Gasteiger partial charge is 0.253 e. The van der Waals surface area contributed by atoms with Crippen molar-refractivity contribution >= 4 is 11.8 Å². The molecule has 2 aliphatic rings. The van der Waals surface area contributed by atoms with Crippen LogP contribution in [0, 0.1) is 23.7 Å². The molecule has 136 valence electrons. The lowest BCUT2D eigenvalue weighted by molar-refractivity contribution is -0.141. The Morgan fingerprint density at radius 3 is 1.33 bits per heavy atom. The van der Waals surface area contributed by atoms with Crippen molar-refractivity contribution < 1.29 is 9.59 Å². The van der Waals surface area contributed by atoms with Gasteiger partial charge in [0.05, 0.1) is 0 Å². The summed E-state index contributed by atoms with van der Waals surface area (Å²) in [6.07, 6.45) is 12.3. The minimum atomic E-state index is -0.0837. The molecule has 2 amide bonds. The van der Waals surface area contributed by atoms with E-state index >= 15 is 0 Å². The predicted molar refractivity (Wildman–Crippen MR) is 98.4 cm³/mol. The quantitative estimate of drug-likeness (QED) is 0.559. The van der Waals surface area contributed by atoms with Crippen molar-refractivity contribution in [1.29, 1.82) is 0 Å². The van der Waals surface area contributed by atoms with Gasteiger partial charge in [-0.15, -0.1) is 0 Å². The summed E-state index contributed by atoms with van der Waals surface area (Å²) in [7, 11) is 0. The van der Waals surface area contributed by atoms with Gasteiger partial charge in [-0.25, -0.2) is 0 Å². The van der Waals surface area contributed by atoms with Gasteiger partial charge in [-0.05, 0) is 36.5 Å². The lowest BCUT2D eigenvalue weighted by atomic mass is 9.79. The van der Waals surface area contributed by atoms with E-state index in [9.17, 15) is 9.59 Å². The molecule has 0 aromatic carbocycles. The SMILES string of the molecule is CCC[C@@H]1[C@@H](CCC)[C@@H](CCC)C(N2C(=O)C=CC2=O)[C@@H]1CCC. The van der Waals surface area contributed by atoms with E-state index in [-0.39, 0.29) is 17.9 Å². The van der Waals surface area contributed by atoms with Crippen LogP contribution in [0.5, 0.6) is 0 Å². The van der Waals surface area contributed by atoms with Crippen molar-refractivity contribution in [2.24, 2.45) is 23.7 Å². The van der Waals surface area contributed by atoms with E-state index in [0.29, 0.717) is 23.7 Å². The summed E-state index contributed by atoms with van der Waals surface area (Å²) in [5, 5.41) is 0. The molecule has 0 aromatic heterocycles. The second kappa shape index (κ2) is 8.82. The summed E-state index contributed by atoms with van der Waals surface area (Å²) < 4.78 is 0. The van der Waals surface area contributed by atoms with Gasteiger partial charge in [-0.2, -0.15) is 0 Å². The van der Waals surface area contributed by atoms with Crippen molar-refractivity contribution in [3.63, 3.8) is 0 Å². The molecule has 1 aliphatic carbocycles. The predicted octanol–water partition coefficient (Wildman–Crippen LogP) is 4.96. The molecule has 3 nitrogen and oxygen atoms in total. The van der Waals surface area contributed by atoms with Crippen LogP contribution < -0.4 is 0 Å². The van der Waals surface area contributed by atoms with E-state index in [0.717, 1.165) is 25.7 Å². The van der Waals surface area contributed by atoms with Crippen molar-refractivity contribution in [2.45, 2.75) is 85.1 Å². The van der Waals surface area contributed by atoms with Crippen molar-refractivity contribution in [2.75, 3.05) is 0 Å². The van der Waals surface area contributed by atoms with Gasteiger partial charge in [0.15, 0.2) is 0 Å². The first kappa shape index (κ1) is 19.2. The number of carbonyl (C=O) groups is 2. The topological polar surface area (TPSA) is 37.4 Å². The van der Waals surface area contributed by atoms with Crippen LogP contribution in [0.1, 0.15) is 79.1 Å². The Kier molecular flexibility index (Phi) is 7.06. The van der Waals surface area contributed by atoms with Crippen LogP contribution in [0.2, 0.25) is 0 Å². The molecule has 1 aliphatic heterocycles. The highest BCUT2D eigenvalue weighted by molar-refractivity contribution is 6.13. The van der Waals surface area contributed by atoms with Crippen LogP contribution in [-0.2, 0) is 9.59 Å². The van der Waals surface area contributed by atoms with Gasteiger partial charge in [-0.3, -0.25) is 14.5 Å². The van der Waals surface area contributed by atoms with Crippen LogP contribution in [0.15, 0.2) is 12.2 Å². The molecular weight excluding hydrogens is 298 g/mol. The zero-order valence-corrected chi connectivity index (χ0v) is 16.0. The second-order valence-electron chi connectivity index (χ2n) is 7.68. The summed E-state index contributed by atoms with van der Waals surface area (Å²) in [5.74, 6) is 2.13. The number of hydrogen-bond acceptors (Lipinski definition) is 2. The second-order valence-corrected chi connectivity index (χ2v) is 7.68. The highest BCUT2D eigenvalue weighted by Crippen LogP contribution is 2.52. The van der Waals surface area contributed by atoms with Crippen molar-refractivity contribution in [3.8, 4) is 0 Å². The molecular formula is C21H35NO2. The molecule has 2 rings (SSSR count). The number of hydrogen-bond donors (Lipinski definition) is 0. The average Bonchev–Trinajstić information content (AvgIpc) is 3.01. The van der Waals surface area contributed by atoms with E-state index in [2.05, 4.69) is 27.7 Å². The Hall–Kier alpha value is -1.12. The standard InChI is InChI=1S/C21H35NO2/c1-5-9-15-16(10-6-2)18(12-8-4)21(17(15)11-7-3)22-19(23)13-14-20(22)24/h13-18,21H,5-12H2,1-4H3/t15-,16-,17-,18-/m1/s1. The average molecular weight is 334 g/mol. The molecule has 0 radical (unpaired) electrons. The van der Waals surface area contributed by atoms with Gasteiger partial charge in [0, 0.05) is 18.2 Å². The van der Waals surface area contributed by atoms with Crippen LogP contribution >= 0.6 is 0 Å². The molecule has 4 atom stereocenters. The lowest BCUT2D eigenvalue weighted by Crippen LogP contribution is -2.46. The molecule has 1 saturated carbocycles.